The van der Waals surface area contributed by atoms with Crippen molar-refractivity contribution in [3.8, 4) is 0 Å². The van der Waals surface area contributed by atoms with E-state index in [0.717, 1.165) is 18.2 Å². The van der Waals surface area contributed by atoms with Crippen LogP contribution in [0.5, 0.6) is 0 Å². The molecule has 0 spiro atoms. The summed E-state index contributed by atoms with van der Waals surface area (Å²) in [6.07, 6.45) is 0. The van der Waals surface area contributed by atoms with Crippen molar-refractivity contribution in [2.24, 2.45) is 0 Å². The van der Waals surface area contributed by atoms with Crippen LogP contribution in [0.1, 0.15) is 5.56 Å². The Labute approximate surface area is 84.1 Å². The summed E-state index contributed by atoms with van der Waals surface area (Å²) in [4.78, 5) is -0.903. The van der Waals surface area contributed by atoms with Crippen LogP contribution in [0.2, 0.25) is 0 Å². The Hall–Kier alpha value is -1.08. The van der Waals surface area contributed by atoms with Crippen LogP contribution >= 0.6 is 0 Å². The van der Waals surface area contributed by atoms with Crippen molar-refractivity contribution in [2.75, 3.05) is 0 Å². The number of rotatable bonds is 2. The fraction of sp³-hybridized carbons (Fsp3) is 0.250. The quantitative estimate of drug-likeness (QED) is 0.851. The molecule has 0 aromatic heterocycles. The monoisotopic (exact) mass is 240 g/mol. The number of hydrogen-bond donors (Lipinski definition) is 1. The number of sulfone groups is 1. The lowest BCUT2D eigenvalue weighted by molar-refractivity contribution is -0.0436. The summed E-state index contributed by atoms with van der Waals surface area (Å²) >= 11 is 0. The Bertz CT molecular complexity index is 450. The molecule has 0 aliphatic rings. The van der Waals surface area contributed by atoms with Crippen LogP contribution < -0.4 is 0 Å². The number of hydrogen-bond acceptors (Lipinski definition) is 3. The van der Waals surface area contributed by atoms with E-state index in [1.54, 1.807) is 0 Å². The minimum atomic E-state index is -5.38. The predicted octanol–water partition coefficient (Wildman–Crippen LogP) is 1.47. The first-order chi connectivity index (χ1) is 6.80. The third-order valence-electron chi connectivity index (χ3n) is 1.74. The Morgan fingerprint density at radius 1 is 1.20 bits per heavy atom. The van der Waals surface area contributed by atoms with Gasteiger partial charge in [-0.05, 0) is 11.6 Å². The summed E-state index contributed by atoms with van der Waals surface area (Å²) in [5, 5.41) is 8.72. The highest BCUT2D eigenvalue weighted by atomic mass is 32.2. The highest BCUT2D eigenvalue weighted by molar-refractivity contribution is 7.92. The van der Waals surface area contributed by atoms with Crippen molar-refractivity contribution in [3.05, 3.63) is 29.8 Å². The van der Waals surface area contributed by atoms with Gasteiger partial charge in [0.15, 0.2) is 0 Å². The molecule has 3 nitrogen and oxygen atoms in total. The first-order valence-corrected chi connectivity index (χ1v) is 5.29. The number of aliphatic hydroxyl groups excluding tert-OH is 1. The van der Waals surface area contributed by atoms with Gasteiger partial charge in [0.25, 0.3) is 9.84 Å². The molecule has 7 heteroatoms. The van der Waals surface area contributed by atoms with E-state index in [9.17, 15) is 21.6 Å². The summed E-state index contributed by atoms with van der Waals surface area (Å²) in [6.45, 7) is -0.758. The van der Waals surface area contributed by atoms with Gasteiger partial charge >= 0.3 is 5.51 Å². The molecule has 84 valence electrons. The Kier molecular flexibility index (Phi) is 3.05. The second-order valence-electron chi connectivity index (χ2n) is 2.72. The number of aliphatic hydroxyl groups is 1. The van der Waals surface area contributed by atoms with Crippen LogP contribution in [0.25, 0.3) is 0 Å². The molecule has 0 heterocycles. The van der Waals surface area contributed by atoms with E-state index in [0.29, 0.717) is 0 Å². The highest BCUT2D eigenvalue weighted by Gasteiger charge is 2.47. The van der Waals surface area contributed by atoms with Crippen LogP contribution in [0.3, 0.4) is 0 Å². The van der Waals surface area contributed by atoms with E-state index in [2.05, 4.69) is 0 Å². The SMILES string of the molecule is O=S(=O)(c1ccccc1CO)C(F)(F)F. The lowest BCUT2D eigenvalue weighted by atomic mass is 10.2. The molecule has 1 aromatic carbocycles. The first-order valence-electron chi connectivity index (χ1n) is 3.81. The van der Waals surface area contributed by atoms with Crippen LogP contribution in [0.15, 0.2) is 29.2 Å². The fourth-order valence-electron chi connectivity index (χ4n) is 1.02. The Balaban J connectivity index is 3.41. The van der Waals surface area contributed by atoms with Gasteiger partial charge in [0.1, 0.15) is 0 Å². The topological polar surface area (TPSA) is 54.4 Å². The third-order valence-corrected chi connectivity index (χ3v) is 3.32. The largest absolute Gasteiger partial charge is 0.501 e. The zero-order valence-corrected chi connectivity index (χ0v) is 8.14. The third kappa shape index (κ3) is 2.13. The molecule has 1 rings (SSSR count). The molecule has 0 fully saturated rings. The van der Waals surface area contributed by atoms with E-state index in [1.165, 1.54) is 6.07 Å². The lowest BCUT2D eigenvalue weighted by Gasteiger charge is -2.10. The van der Waals surface area contributed by atoms with E-state index in [-0.39, 0.29) is 5.56 Å². The maximum atomic E-state index is 12.2. The second-order valence-corrected chi connectivity index (χ2v) is 4.62. The molecule has 15 heavy (non-hydrogen) atoms. The van der Waals surface area contributed by atoms with E-state index in [1.807, 2.05) is 0 Å². The Morgan fingerprint density at radius 3 is 2.20 bits per heavy atom. The maximum absolute atomic E-state index is 12.2. The van der Waals surface area contributed by atoms with Gasteiger partial charge in [-0.2, -0.15) is 13.2 Å². The van der Waals surface area contributed by atoms with Crippen LogP contribution in [0, 0.1) is 0 Å². The van der Waals surface area contributed by atoms with Gasteiger partial charge in [-0.1, -0.05) is 18.2 Å². The molecule has 0 amide bonds. The van der Waals surface area contributed by atoms with Crippen molar-refractivity contribution in [1.29, 1.82) is 0 Å². The summed E-state index contributed by atoms with van der Waals surface area (Å²) in [5.41, 5.74) is -5.62. The smallest absolute Gasteiger partial charge is 0.392 e. The van der Waals surface area contributed by atoms with E-state index >= 15 is 0 Å². The zero-order valence-electron chi connectivity index (χ0n) is 7.32. The average molecular weight is 240 g/mol. The summed E-state index contributed by atoms with van der Waals surface area (Å²) in [5.74, 6) is 0. The van der Waals surface area contributed by atoms with Crippen molar-refractivity contribution >= 4 is 9.84 Å². The molecule has 0 atom stereocenters. The van der Waals surface area contributed by atoms with Gasteiger partial charge in [0.05, 0.1) is 11.5 Å². The molecule has 0 saturated heterocycles. The van der Waals surface area contributed by atoms with Crippen LogP contribution in [0.4, 0.5) is 13.2 Å². The lowest BCUT2D eigenvalue weighted by Crippen LogP contribution is -2.24. The normalized spacial score (nSPS) is 12.8. The van der Waals surface area contributed by atoms with Crippen molar-refractivity contribution in [2.45, 2.75) is 17.0 Å². The number of halogens is 3. The summed E-state index contributed by atoms with van der Waals surface area (Å²) in [7, 11) is -5.38. The van der Waals surface area contributed by atoms with Gasteiger partial charge in [0.2, 0.25) is 0 Å². The molecular weight excluding hydrogens is 233 g/mol. The minimum absolute atomic E-state index is 0.269. The number of alkyl halides is 3. The van der Waals surface area contributed by atoms with Crippen LogP contribution in [-0.2, 0) is 16.4 Å². The molecule has 0 bridgehead atoms. The first kappa shape index (κ1) is 12.0. The van der Waals surface area contributed by atoms with Crippen molar-refractivity contribution < 1.29 is 26.7 Å². The van der Waals surface area contributed by atoms with Crippen molar-refractivity contribution in [3.63, 3.8) is 0 Å². The number of benzene rings is 1. The predicted molar refractivity (Wildman–Crippen MR) is 45.6 cm³/mol. The second kappa shape index (κ2) is 3.82. The molecule has 0 radical (unpaired) electrons. The van der Waals surface area contributed by atoms with Gasteiger partial charge in [-0.3, -0.25) is 0 Å². The van der Waals surface area contributed by atoms with E-state index in [4.69, 9.17) is 5.11 Å². The van der Waals surface area contributed by atoms with Gasteiger partial charge in [-0.25, -0.2) is 8.42 Å². The summed E-state index contributed by atoms with van der Waals surface area (Å²) in [6, 6.07) is 4.45. The van der Waals surface area contributed by atoms with Gasteiger partial charge < -0.3 is 5.11 Å². The van der Waals surface area contributed by atoms with Gasteiger partial charge in [-0.15, -0.1) is 0 Å². The molecular formula is C8H7F3O3S. The zero-order chi connectivity index (χ0) is 11.7. The molecule has 1 aromatic rings. The maximum Gasteiger partial charge on any atom is 0.501 e. The van der Waals surface area contributed by atoms with Crippen LogP contribution in [-0.4, -0.2) is 19.0 Å². The van der Waals surface area contributed by atoms with E-state index < -0.39 is 26.8 Å². The van der Waals surface area contributed by atoms with Gasteiger partial charge in [0, 0.05) is 0 Å². The minimum Gasteiger partial charge on any atom is -0.392 e. The fourth-order valence-corrected chi connectivity index (χ4v) is 2.01. The van der Waals surface area contributed by atoms with Crippen molar-refractivity contribution in [1.82, 2.24) is 0 Å². The average Bonchev–Trinajstić information content (AvgIpc) is 2.16. The molecule has 0 aliphatic carbocycles. The highest BCUT2D eigenvalue weighted by Crippen LogP contribution is 2.31. The molecule has 1 N–H and O–H groups in total. The molecule has 0 aliphatic heterocycles. The summed E-state index contributed by atoms with van der Waals surface area (Å²) < 4.78 is 58.5. The molecule has 0 unspecified atom stereocenters. The Morgan fingerprint density at radius 2 is 1.73 bits per heavy atom. The molecule has 0 saturated carbocycles. The standard InChI is InChI=1S/C8H7F3O3S/c9-8(10,11)15(13,14)7-4-2-1-3-6(7)5-12/h1-4,12H,5H2.